The van der Waals surface area contributed by atoms with Crippen LogP contribution in [0.2, 0.25) is 0 Å². The fourth-order valence-corrected chi connectivity index (χ4v) is 4.45. The zero-order valence-electron chi connectivity index (χ0n) is 17.8. The second-order valence-electron chi connectivity index (χ2n) is 8.17. The molecule has 0 saturated carbocycles. The average Bonchev–Trinajstić information content (AvgIpc) is 3.43. The van der Waals surface area contributed by atoms with Crippen molar-refractivity contribution in [3.8, 4) is 0 Å². The van der Waals surface area contributed by atoms with Gasteiger partial charge in [-0.25, -0.2) is 0 Å². The maximum absolute atomic E-state index is 13.1. The molecule has 2 aliphatic rings. The molecule has 2 heterocycles. The Morgan fingerprint density at radius 3 is 2.55 bits per heavy atom. The lowest BCUT2D eigenvalue weighted by molar-refractivity contribution is -0.122. The summed E-state index contributed by atoms with van der Waals surface area (Å²) in [6.07, 6.45) is 3.16. The molecule has 7 heteroatoms. The Balaban J connectivity index is 1.55. The number of rotatable bonds is 6. The summed E-state index contributed by atoms with van der Waals surface area (Å²) < 4.78 is 0. The van der Waals surface area contributed by atoms with Crippen LogP contribution in [0.5, 0.6) is 0 Å². The molecule has 0 spiro atoms. The number of primary amides is 1. The molecule has 0 bridgehead atoms. The first-order valence-electron chi connectivity index (χ1n) is 10.9. The van der Waals surface area contributed by atoms with Gasteiger partial charge in [0, 0.05) is 37.3 Å². The fourth-order valence-electron chi connectivity index (χ4n) is 4.45. The smallest absolute Gasteiger partial charge is 0.248 e. The maximum atomic E-state index is 13.1. The Kier molecular flexibility index (Phi) is 5.93. The van der Waals surface area contributed by atoms with Crippen molar-refractivity contribution in [2.24, 2.45) is 11.7 Å². The molecule has 3 amide bonds. The first kappa shape index (κ1) is 20.9. The highest BCUT2D eigenvalue weighted by Gasteiger charge is 2.36. The van der Waals surface area contributed by atoms with Crippen molar-refractivity contribution in [3.63, 3.8) is 0 Å². The van der Waals surface area contributed by atoms with E-state index >= 15 is 0 Å². The molecule has 2 aromatic rings. The Morgan fingerprint density at radius 2 is 1.84 bits per heavy atom. The Morgan fingerprint density at radius 1 is 1.10 bits per heavy atom. The van der Waals surface area contributed by atoms with Crippen LogP contribution >= 0.6 is 0 Å². The van der Waals surface area contributed by atoms with E-state index in [0.29, 0.717) is 17.8 Å². The summed E-state index contributed by atoms with van der Waals surface area (Å²) >= 11 is 0. The van der Waals surface area contributed by atoms with Gasteiger partial charge in [-0.2, -0.15) is 0 Å². The van der Waals surface area contributed by atoms with Gasteiger partial charge in [-0.1, -0.05) is 25.1 Å². The van der Waals surface area contributed by atoms with Gasteiger partial charge in [0.15, 0.2) is 0 Å². The number of hydrogen-bond donors (Lipinski definition) is 2. The van der Waals surface area contributed by atoms with E-state index in [1.165, 1.54) is 0 Å². The fraction of sp³-hybridized carbons (Fsp3) is 0.375. The van der Waals surface area contributed by atoms with Crippen LogP contribution in [0.1, 0.15) is 42.1 Å². The minimum absolute atomic E-state index is 0.0493. The molecule has 3 N–H and O–H groups in total. The number of nitrogens with one attached hydrogen (secondary N) is 1. The zero-order valence-corrected chi connectivity index (χ0v) is 17.8. The molecule has 2 saturated heterocycles. The van der Waals surface area contributed by atoms with Gasteiger partial charge in [0.05, 0.1) is 17.3 Å². The molecular formula is C24H28N4O3. The molecule has 0 aromatic heterocycles. The van der Waals surface area contributed by atoms with Gasteiger partial charge >= 0.3 is 0 Å². The third-order valence-corrected chi connectivity index (χ3v) is 6.14. The van der Waals surface area contributed by atoms with E-state index in [2.05, 4.69) is 17.1 Å². The van der Waals surface area contributed by atoms with E-state index in [1.54, 1.807) is 17.0 Å². The minimum atomic E-state index is -0.540. The largest absolute Gasteiger partial charge is 0.370 e. The van der Waals surface area contributed by atoms with Crippen molar-refractivity contribution in [1.29, 1.82) is 0 Å². The van der Waals surface area contributed by atoms with Crippen LogP contribution in [0.3, 0.4) is 0 Å². The third-order valence-electron chi connectivity index (χ3n) is 6.14. The number of carbonyl (C=O) groups is 3. The number of benzene rings is 2. The number of amides is 3. The summed E-state index contributed by atoms with van der Waals surface area (Å²) in [4.78, 5) is 41.4. The van der Waals surface area contributed by atoms with Crippen LogP contribution in [-0.2, 0) is 16.0 Å². The van der Waals surface area contributed by atoms with E-state index in [4.69, 9.17) is 5.73 Å². The van der Waals surface area contributed by atoms with Crippen molar-refractivity contribution < 1.29 is 14.4 Å². The Bertz CT molecular complexity index is 1010. The van der Waals surface area contributed by atoms with Crippen LogP contribution in [0, 0.1) is 5.92 Å². The highest BCUT2D eigenvalue weighted by atomic mass is 16.2. The molecule has 7 nitrogen and oxygen atoms in total. The number of aryl methyl sites for hydroxylation is 1. The molecule has 0 radical (unpaired) electrons. The summed E-state index contributed by atoms with van der Waals surface area (Å²) in [7, 11) is 0. The summed E-state index contributed by atoms with van der Waals surface area (Å²) in [5.74, 6) is -1.26. The topological polar surface area (TPSA) is 95.7 Å². The SMILES string of the molecule is CCc1ccccc1N1C[C@@H](C(=O)Nc2cc(C(N)=O)ccc2N2CCCC2)CC1=O. The number of carbonyl (C=O) groups excluding carboxylic acids is 3. The van der Waals surface area contributed by atoms with E-state index in [0.717, 1.165) is 49.3 Å². The summed E-state index contributed by atoms with van der Waals surface area (Å²) in [6.45, 7) is 4.20. The van der Waals surface area contributed by atoms with Gasteiger partial charge in [0.1, 0.15) is 0 Å². The molecular weight excluding hydrogens is 392 g/mol. The van der Waals surface area contributed by atoms with Crippen LogP contribution < -0.4 is 20.9 Å². The van der Waals surface area contributed by atoms with Crippen LogP contribution in [0.25, 0.3) is 0 Å². The molecule has 31 heavy (non-hydrogen) atoms. The van der Waals surface area contributed by atoms with Gasteiger partial charge in [-0.05, 0) is 49.1 Å². The first-order chi connectivity index (χ1) is 15.0. The van der Waals surface area contributed by atoms with E-state index in [1.807, 2.05) is 30.3 Å². The number of para-hydroxylation sites is 1. The molecule has 2 fully saturated rings. The third kappa shape index (κ3) is 4.26. The van der Waals surface area contributed by atoms with E-state index < -0.39 is 11.8 Å². The van der Waals surface area contributed by atoms with E-state index in [-0.39, 0.29) is 18.2 Å². The van der Waals surface area contributed by atoms with Crippen LogP contribution in [-0.4, -0.2) is 37.4 Å². The van der Waals surface area contributed by atoms with Gasteiger partial charge in [0.25, 0.3) is 0 Å². The van der Waals surface area contributed by atoms with Crippen molar-refractivity contribution in [2.45, 2.75) is 32.6 Å². The maximum Gasteiger partial charge on any atom is 0.248 e. The Labute approximate surface area is 182 Å². The lowest BCUT2D eigenvalue weighted by atomic mass is 10.1. The van der Waals surface area contributed by atoms with Crippen molar-refractivity contribution >= 4 is 34.8 Å². The molecule has 2 aromatic carbocycles. The second-order valence-corrected chi connectivity index (χ2v) is 8.17. The molecule has 4 rings (SSSR count). The molecule has 0 unspecified atom stereocenters. The van der Waals surface area contributed by atoms with Crippen molar-refractivity contribution in [3.05, 3.63) is 53.6 Å². The van der Waals surface area contributed by atoms with Crippen molar-refractivity contribution in [1.82, 2.24) is 0 Å². The quantitative estimate of drug-likeness (QED) is 0.751. The van der Waals surface area contributed by atoms with Crippen LogP contribution in [0.15, 0.2) is 42.5 Å². The number of nitrogens with zero attached hydrogens (tertiary/aromatic N) is 2. The molecule has 0 aliphatic carbocycles. The van der Waals surface area contributed by atoms with Gasteiger partial charge in [-0.15, -0.1) is 0 Å². The van der Waals surface area contributed by atoms with Gasteiger partial charge in [0.2, 0.25) is 17.7 Å². The average molecular weight is 421 g/mol. The second kappa shape index (κ2) is 8.79. The number of anilines is 3. The first-order valence-corrected chi connectivity index (χ1v) is 10.9. The molecule has 1 atom stereocenters. The Hall–Kier alpha value is -3.35. The molecule has 162 valence electrons. The zero-order chi connectivity index (χ0) is 22.0. The summed E-state index contributed by atoms with van der Waals surface area (Å²) in [5, 5.41) is 2.98. The lowest BCUT2D eigenvalue weighted by Gasteiger charge is -2.23. The summed E-state index contributed by atoms with van der Waals surface area (Å²) in [6, 6.07) is 13.0. The normalized spacial score (nSPS) is 18.5. The van der Waals surface area contributed by atoms with Gasteiger partial charge in [-0.3, -0.25) is 14.4 Å². The predicted molar refractivity (Wildman–Crippen MR) is 121 cm³/mol. The highest BCUT2D eigenvalue weighted by molar-refractivity contribution is 6.05. The summed E-state index contributed by atoms with van der Waals surface area (Å²) in [5.41, 5.74) is 9.21. The van der Waals surface area contributed by atoms with Gasteiger partial charge < -0.3 is 20.9 Å². The van der Waals surface area contributed by atoms with E-state index in [9.17, 15) is 14.4 Å². The number of hydrogen-bond acceptors (Lipinski definition) is 4. The number of nitrogens with two attached hydrogens (primary N) is 1. The lowest BCUT2D eigenvalue weighted by Crippen LogP contribution is -2.29. The molecule has 2 aliphatic heterocycles. The van der Waals surface area contributed by atoms with Crippen molar-refractivity contribution in [2.75, 3.05) is 34.8 Å². The van der Waals surface area contributed by atoms with Crippen LogP contribution in [0.4, 0.5) is 17.1 Å². The minimum Gasteiger partial charge on any atom is -0.370 e. The predicted octanol–water partition coefficient (Wildman–Crippen LogP) is 2.94. The highest BCUT2D eigenvalue weighted by Crippen LogP contribution is 2.33. The monoisotopic (exact) mass is 420 g/mol. The standard InChI is InChI=1S/C24H28N4O3/c1-2-16-7-3-4-8-20(16)28-15-18(14-22(28)29)24(31)26-19-13-17(23(25)30)9-10-21(19)27-11-5-6-12-27/h3-4,7-10,13,18H,2,5-6,11-12,14-15H2,1H3,(H2,25,30)(H,26,31)/t18-/m0/s1.